The molecule has 11 heteroatoms. The number of carbonyl (C=O) groups is 2. The van der Waals surface area contributed by atoms with Gasteiger partial charge < -0.3 is 9.80 Å². The molecule has 0 aromatic heterocycles. The number of benzene rings is 4. The van der Waals surface area contributed by atoms with Crippen LogP contribution < -0.4 is 4.90 Å². The molecule has 0 spiro atoms. The van der Waals surface area contributed by atoms with Gasteiger partial charge in [0, 0.05) is 59.4 Å². The number of imide groups is 1. The Morgan fingerprint density at radius 3 is 2.26 bits per heavy atom. The fraction of sp³-hybridized carbons (Fsp3) is 0.194. The molecule has 8 nitrogen and oxygen atoms in total. The number of halogens is 1. The van der Waals surface area contributed by atoms with Crippen LogP contribution in [0, 0.1) is 10.1 Å². The lowest BCUT2D eigenvalue weighted by molar-refractivity contribution is -0.384. The second kappa shape index (κ2) is 11.7. The lowest BCUT2D eigenvalue weighted by Gasteiger charge is -2.38. The van der Waals surface area contributed by atoms with Crippen LogP contribution in [0.4, 0.5) is 11.4 Å². The number of nitrogens with zero attached hydrogens (tertiary/aromatic N) is 4. The SMILES string of the molecule is O=C1c2cccc3c(N4CCN(C(=S)SCc5ccccc5)CC4)c([N+](=O)[O-])cc(c23)C(=O)N1Cc1ccc(Cl)cc1. The molecule has 2 aliphatic rings. The summed E-state index contributed by atoms with van der Waals surface area (Å²) in [7, 11) is 0. The normalized spacial score (nSPS) is 14.9. The predicted molar refractivity (Wildman–Crippen MR) is 170 cm³/mol. The Balaban J connectivity index is 1.28. The van der Waals surface area contributed by atoms with Crippen molar-refractivity contribution in [2.75, 3.05) is 31.1 Å². The van der Waals surface area contributed by atoms with Crippen LogP contribution in [-0.2, 0) is 12.3 Å². The number of rotatable bonds is 6. The molecule has 4 aromatic rings. The largest absolute Gasteiger partial charge is 0.362 e. The van der Waals surface area contributed by atoms with E-state index in [2.05, 4.69) is 17.0 Å². The van der Waals surface area contributed by atoms with Gasteiger partial charge in [-0.3, -0.25) is 24.6 Å². The zero-order valence-electron chi connectivity index (χ0n) is 22.4. The molecule has 6 rings (SSSR count). The van der Waals surface area contributed by atoms with Gasteiger partial charge in [0.15, 0.2) is 0 Å². The van der Waals surface area contributed by atoms with E-state index in [0.717, 1.165) is 20.5 Å². The minimum absolute atomic E-state index is 0.0321. The van der Waals surface area contributed by atoms with Crippen molar-refractivity contribution in [3.63, 3.8) is 0 Å². The van der Waals surface area contributed by atoms with E-state index >= 15 is 0 Å². The number of anilines is 1. The van der Waals surface area contributed by atoms with E-state index in [0.29, 0.717) is 53.2 Å². The second-order valence-corrected chi connectivity index (χ2v) is 12.2. The highest BCUT2D eigenvalue weighted by Crippen LogP contribution is 2.43. The highest BCUT2D eigenvalue weighted by molar-refractivity contribution is 8.22. The van der Waals surface area contributed by atoms with Gasteiger partial charge >= 0.3 is 0 Å². The Bertz CT molecular complexity index is 1720. The maximum absolute atomic E-state index is 13.6. The van der Waals surface area contributed by atoms with Crippen LogP contribution >= 0.6 is 35.6 Å². The van der Waals surface area contributed by atoms with Gasteiger partial charge in [-0.05, 0) is 29.3 Å². The van der Waals surface area contributed by atoms with E-state index in [1.54, 1.807) is 54.2 Å². The summed E-state index contributed by atoms with van der Waals surface area (Å²) in [6, 6.07) is 23.5. The predicted octanol–water partition coefficient (Wildman–Crippen LogP) is 6.54. The molecule has 0 unspecified atom stereocenters. The first-order valence-corrected chi connectivity index (χ1v) is 15.1. The van der Waals surface area contributed by atoms with Crippen LogP contribution in [0.1, 0.15) is 31.8 Å². The van der Waals surface area contributed by atoms with Crippen molar-refractivity contribution in [3.8, 4) is 0 Å². The van der Waals surface area contributed by atoms with Crippen LogP contribution in [0.2, 0.25) is 5.02 Å². The van der Waals surface area contributed by atoms with Gasteiger partial charge in [-0.15, -0.1) is 0 Å². The van der Waals surface area contributed by atoms with E-state index in [9.17, 15) is 19.7 Å². The number of hydrogen-bond donors (Lipinski definition) is 0. The Kier molecular flexibility index (Phi) is 7.85. The summed E-state index contributed by atoms with van der Waals surface area (Å²) < 4.78 is 0.793. The summed E-state index contributed by atoms with van der Waals surface area (Å²) in [5, 5.41) is 13.9. The number of nitro groups is 1. The lowest BCUT2D eigenvalue weighted by Crippen LogP contribution is -2.48. The lowest BCUT2D eigenvalue weighted by atomic mass is 9.91. The van der Waals surface area contributed by atoms with E-state index in [-0.39, 0.29) is 17.8 Å². The smallest absolute Gasteiger partial charge is 0.293 e. The average Bonchev–Trinajstić information content (AvgIpc) is 3.01. The first kappa shape index (κ1) is 28.1. The number of nitro benzene ring substituents is 1. The monoisotopic (exact) mass is 616 g/mol. The average molecular weight is 617 g/mol. The Hall–Kier alpha value is -3.99. The molecule has 1 fully saturated rings. The van der Waals surface area contributed by atoms with Crippen LogP contribution in [-0.4, -0.2) is 57.0 Å². The van der Waals surface area contributed by atoms with Gasteiger partial charge in [-0.25, -0.2) is 0 Å². The van der Waals surface area contributed by atoms with Crippen molar-refractivity contribution in [3.05, 3.63) is 116 Å². The minimum Gasteiger partial charge on any atom is -0.362 e. The van der Waals surface area contributed by atoms with Crippen molar-refractivity contribution in [1.82, 2.24) is 9.80 Å². The third-order valence-electron chi connectivity index (χ3n) is 7.57. The molecule has 4 aromatic carbocycles. The molecule has 2 aliphatic heterocycles. The van der Waals surface area contributed by atoms with Crippen molar-refractivity contribution in [1.29, 1.82) is 0 Å². The van der Waals surface area contributed by atoms with E-state index < -0.39 is 16.7 Å². The number of amides is 2. The maximum atomic E-state index is 13.6. The fourth-order valence-corrected chi connectivity index (χ4v) is 6.83. The summed E-state index contributed by atoms with van der Waals surface area (Å²) in [4.78, 5) is 44.4. The molecule has 42 heavy (non-hydrogen) atoms. The number of thiocarbonyl (C=S) groups is 1. The zero-order valence-corrected chi connectivity index (χ0v) is 24.8. The molecular weight excluding hydrogens is 592 g/mol. The first-order chi connectivity index (χ1) is 20.3. The molecule has 0 bridgehead atoms. The van der Waals surface area contributed by atoms with E-state index in [1.807, 2.05) is 23.1 Å². The highest BCUT2D eigenvalue weighted by Gasteiger charge is 2.37. The number of piperazine rings is 1. The van der Waals surface area contributed by atoms with Gasteiger partial charge in [0.1, 0.15) is 10.0 Å². The van der Waals surface area contributed by atoms with Gasteiger partial charge in [0.2, 0.25) is 0 Å². The Morgan fingerprint density at radius 2 is 1.57 bits per heavy atom. The van der Waals surface area contributed by atoms with Crippen LogP contribution in [0.3, 0.4) is 0 Å². The minimum atomic E-state index is -0.557. The standard InChI is InChI=1S/C31H25ClN4O4S2/c32-22-11-9-20(10-12-22)18-35-29(37)24-8-4-7-23-27(24)25(30(35)38)17-26(36(39)40)28(23)33-13-15-34(16-14-33)31(41)42-19-21-5-2-1-3-6-21/h1-12,17H,13-16,18-19H2. The van der Waals surface area contributed by atoms with Crippen LogP contribution in [0.25, 0.3) is 10.8 Å². The molecule has 0 aliphatic carbocycles. The molecule has 2 heterocycles. The summed E-state index contributed by atoms with van der Waals surface area (Å²) in [6.07, 6.45) is 0. The van der Waals surface area contributed by atoms with Gasteiger partial charge in [-0.1, -0.05) is 90.2 Å². The maximum Gasteiger partial charge on any atom is 0.293 e. The van der Waals surface area contributed by atoms with Crippen LogP contribution in [0.15, 0.2) is 78.9 Å². The second-order valence-electron chi connectivity index (χ2n) is 10.1. The first-order valence-electron chi connectivity index (χ1n) is 13.4. The summed E-state index contributed by atoms with van der Waals surface area (Å²) >= 11 is 13.3. The zero-order chi connectivity index (χ0) is 29.4. The molecule has 0 saturated carbocycles. The number of thioether (sulfide) groups is 1. The molecule has 1 saturated heterocycles. The van der Waals surface area contributed by atoms with Gasteiger partial charge in [0.05, 0.1) is 17.0 Å². The summed E-state index contributed by atoms with van der Waals surface area (Å²) in [5.74, 6) is -0.213. The van der Waals surface area contributed by atoms with Crippen molar-refractivity contribution < 1.29 is 14.5 Å². The Labute approximate surface area is 257 Å². The molecule has 0 N–H and O–H groups in total. The van der Waals surface area contributed by atoms with Crippen LogP contribution in [0.5, 0.6) is 0 Å². The van der Waals surface area contributed by atoms with Gasteiger partial charge in [-0.2, -0.15) is 0 Å². The molecule has 0 atom stereocenters. The number of carbonyl (C=O) groups excluding carboxylic acids is 2. The van der Waals surface area contributed by atoms with Crippen molar-refractivity contribution >= 4 is 73.9 Å². The number of hydrogen-bond acceptors (Lipinski definition) is 7. The molecule has 212 valence electrons. The molecular formula is C31H25ClN4O4S2. The van der Waals surface area contributed by atoms with Crippen molar-refractivity contribution in [2.45, 2.75) is 12.3 Å². The molecule has 0 radical (unpaired) electrons. The Morgan fingerprint density at radius 1 is 0.881 bits per heavy atom. The van der Waals surface area contributed by atoms with Crippen molar-refractivity contribution in [2.24, 2.45) is 0 Å². The van der Waals surface area contributed by atoms with Gasteiger partial charge in [0.25, 0.3) is 17.5 Å². The quantitative estimate of drug-likeness (QED) is 0.104. The third-order valence-corrected chi connectivity index (χ3v) is 9.42. The third kappa shape index (κ3) is 5.33. The fourth-order valence-electron chi connectivity index (χ4n) is 5.50. The van der Waals surface area contributed by atoms with E-state index in [4.69, 9.17) is 23.8 Å². The summed E-state index contributed by atoms with van der Waals surface area (Å²) in [5.41, 5.74) is 2.69. The summed E-state index contributed by atoms with van der Waals surface area (Å²) in [6.45, 7) is 2.26. The molecule has 2 amide bonds. The topological polar surface area (TPSA) is 87.0 Å². The van der Waals surface area contributed by atoms with E-state index in [1.165, 1.54) is 11.6 Å². The highest BCUT2D eigenvalue weighted by atomic mass is 35.5.